The average molecular weight is 235 g/mol. The van der Waals surface area contributed by atoms with Crippen molar-refractivity contribution in [3.05, 3.63) is 23.3 Å². The highest BCUT2D eigenvalue weighted by Gasteiger charge is 2.13. The first kappa shape index (κ1) is 13.3. The number of isocyanates is 1. The first-order chi connectivity index (χ1) is 8.13. The highest BCUT2D eigenvalue weighted by Crippen LogP contribution is 2.35. The second-order valence-corrected chi connectivity index (χ2v) is 3.98. The van der Waals surface area contributed by atoms with E-state index in [1.54, 1.807) is 14.2 Å². The van der Waals surface area contributed by atoms with E-state index in [9.17, 15) is 4.79 Å². The van der Waals surface area contributed by atoms with Crippen LogP contribution >= 0.6 is 0 Å². The molecule has 0 radical (unpaired) electrons. The Morgan fingerprint density at radius 1 is 1.29 bits per heavy atom. The molecule has 92 valence electrons. The molecule has 4 heteroatoms. The monoisotopic (exact) mass is 235 g/mol. The van der Waals surface area contributed by atoms with E-state index in [1.807, 2.05) is 12.1 Å². The third-order valence-electron chi connectivity index (χ3n) is 2.56. The van der Waals surface area contributed by atoms with Crippen molar-refractivity contribution in [1.29, 1.82) is 0 Å². The molecule has 1 aromatic carbocycles. The number of nitrogens with zero attached hydrogens (tertiary/aromatic N) is 1. The van der Waals surface area contributed by atoms with Crippen LogP contribution in [0.15, 0.2) is 17.1 Å². The van der Waals surface area contributed by atoms with Crippen LogP contribution in [0.1, 0.15) is 30.9 Å². The van der Waals surface area contributed by atoms with Crippen LogP contribution in [0.5, 0.6) is 11.5 Å². The van der Waals surface area contributed by atoms with E-state index in [-0.39, 0.29) is 6.54 Å². The summed E-state index contributed by atoms with van der Waals surface area (Å²) in [6.45, 7) is 4.44. The van der Waals surface area contributed by atoms with Gasteiger partial charge in [-0.25, -0.2) is 9.79 Å². The quantitative estimate of drug-likeness (QED) is 0.582. The lowest BCUT2D eigenvalue weighted by Gasteiger charge is -2.15. The molecule has 17 heavy (non-hydrogen) atoms. The molecule has 0 aliphatic carbocycles. The molecule has 1 rings (SSSR count). The maximum atomic E-state index is 10.2. The van der Waals surface area contributed by atoms with Gasteiger partial charge in [0.05, 0.1) is 20.8 Å². The largest absolute Gasteiger partial charge is 0.493 e. The van der Waals surface area contributed by atoms with Crippen LogP contribution in [0.25, 0.3) is 0 Å². The minimum Gasteiger partial charge on any atom is -0.493 e. The zero-order valence-electron chi connectivity index (χ0n) is 10.6. The summed E-state index contributed by atoms with van der Waals surface area (Å²) in [6, 6.07) is 3.92. The molecule has 0 heterocycles. The van der Waals surface area contributed by atoms with E-state index in [4.69, 9.17) is 9.47 Å². The van der Waals surface area contributed by atoms with Crippen molar-refractivity contribution in [2.45, 2.75) is 26.3 Å². The molecular weight excluding hydrogens is 218 g/mol. The van der Waals surface area contributed by atoms with Gasteiger partial charge in [-0.2, -0.15) is 0 Å². The highest BCUT2D eigenvalue weighted by atomic mass is 16.5. The normalized spacial score (nSPS) is 9.94. The number of hydrogen-bond acceptors (Lipinski definition) is 4. The summed E-state index contributed by atoms with van der Waals surface area (Å²) < 4.78 is 10.6. The van der Waals surface area contributed by atoms with E-state index in [0.717, 1.165) is 11.1 Å². The Hall–Kier alpha value is -1.80. The lowest BCUT2D eigenvalue weighted by atomic mass is 9.99. The number of benzene rings is 1. The summed E-state index contributed by atoms with van der Waals surface area (Å²) in [5, 5.41) is 0. The Balaban J connectivity index is 3.30. The SMILES string of the molecule is COc1cc(C(C)C)cc(CN=C=O)c1OC. The summed E-state index contributed by atoms with van der Waals surface area (Å²) in [5.41, 5.74) is 1.96. The van der Waals surface area contributed by atoms with Crippen molar-refractivity contribution in [2.75, 3.05) is 14.2 Å². The van der Waals surface area contributed by atoms with Crippen LogP contribution in [0.4, 0.5) is 0 Å². The lowest BCUT2D eigenvalue weighted by molar-refractivity contribution is 0.351. The molecule has 0 aliphatic heterocycles. The van der Waals surface area contributed by atoms with Crippen LogP contribution in [-0.4, -0.2) is 20.3 Å². The molecule has 0 atom stereocenters. The van der Waals surface area contributed by atoms with Crippen LogP contribution in [0, 0.1) is 0 Å². The molecule has 0 saturated carbocycles. The molecule has 0 spiro atoms. The van der Waals surface area contributed by atoms with Gasteiger partial charge in [0.2, 0.25) is 6.08 Å². The zero-order valence-corrected chi connectivity index (χ0v) is 10.6. The maximum absolute atomic E-state index is 10.2. The topological polar surface area (TPSA) is 47.9 Å². The van der Waals surface area contributed by atoms with E-state index in [1.165, 1.54) is 6.08 Å². The number of aliphatic imine (C=N–C) groups is 1. The summed E-state index contributed by atoms with van der Waals surface area (Å²) in [4.78, 5) is 13.8. The van der Waals surface area contributed by atoms with Crippen LogP contribution in [0.2, 0.25) is 0 Å². The van der Waals surface area contributed by atoms with Gasteiger partial charge in [-0.1, -0.05) is 13.8 Å². The summed E-state index contributed by atoms with van der Waals surface area (Å²) >= 11 is 0. The van der Waals surface area contributed by atoms with Gasteiger partial charge in [0.1, 0.15) is 0 Å². The zero-order chi connectivity index (χ0) is 12.8. The molecule has 1 aromatic rings. The van der Waals surface area contributed by atoms with Crippen LogP contribution in [0.3, 0.4) is 0 Å². The van der Waals surface area contributed by atoms with Gasteiger partial charge in [0.15, 0.2) is 11.5 Å². The Morgan fingerprint density at radius 3 is 2.47 bits per heavy atom. The summed E-state index contributed by atoms with van der Waals surface area (Å²) in [5.74, 6) is 1.65. The smallest absolute Gasteiger partial charge is 0.235 e. The molecule has 0 aromatic heterocycles. The molecule has 0 N–H and O–H groups in total. The molecule has 0 amide bonds. The average Bonchev–Trinajstić information content (AvgIpc) is 2.34. The van der Waals surface area contributed by atoms with Crippen molar-refractivity contribution in [2.24, 2.45) is 4.99 Å². The van der Waals surface area contributed by atoms with E-state index in [2.05, 4.69) is 18.8 Å². The Labute approximate surface area is 101 Å². The predicted octanol–water partition coefficient (Wildman–Crippen LogP) is 2.66. The number of rotatable bonds is 5. The second-order valence-electron chi connectivity index (χ2n) is 3.98. The molecule has 4 nitrogen and oxygen atoms in total. The highest BCUT2D eigenvalue weighted by molar-refractivity contribution is 5.50. The first-order valence-corrected chi connectivity index (χ1v) is 5.42. The number of hydrogen-bond donors (Lipinski definition) is 0. The van der Waals surface area contributed by atoms with Crippen LogP contribution < -0.4 is 9.47 Å². The van der Waals surface area contributed by atoms with Crippen LogP contribution in [-0.2, 0) is 11.3 Å². The summed E-state index contributed by atoms with van der Waals surface area (Å²) in [6.07, 6.45) is 1.53. The minimum atomic E-state index is 0.254. The van der Waals surface area contributed by atoms with Gasteiger partial charge in [-0.15, -0.1) is 0 Å². The fraction of sp³-hybridized carbons (Fsp3) is 0.462. The first-order valence-electron chi connectivity index (χ1n) is 5.42. The van der Waals surface area contributed by atoms with Gasteiger partial charge >= 0.3 is 0 Å². The van der Waals surface area contributed by atoms with E-state index in [0.29, 0.717) is 17.4 Å². The molecule has 0 aliphatic rings. The molecule has 0 bridgehead atoms. The summed E-state index contributed by atoms with van der Waals surface area (Å²) in [7, 11) is 3.16. The minimum absolute atomic E-state index is 0.254. The lowest BCUT2D eigenvalue weighted by Crippen LogP contribution is -1.99. The predicted molar refractivity (Wildman–Crippen MR) is 65.5 cm³/mol. The molecule has 0 unspecified atom stereocenters. The molecular formula is C13H17NO3. The Bertz CT molecular complexity index is 435. The van der Waals surface area contributed by atoms with Gasteiger partial charge < -0.3 is 9.47 Å². The number of methoxy groups -OCH3 is 2. The van der Waals surface area contributed by atoms with Crippen molar-refractivity contribution in [3.63, 3.8) is 0 Å². The number of ether oxygens (including phenoxy) is 2. The van der Waals surface area contributed by atoms with Crippen molar-refractivity contribution in [1.82, 2.24) is 0 Å². The van der Waals surface area contributed by atoms with E-state index < -0.39 is 0 Å². The van der Waals surface area contributed by atoms with Crippen molar-refractivity contribution in [3.8, 4) is 11.5 Å². The van der Waals surface area contributed by atoms with Crippen molar-refractivity contribution >= 4 is 6.08 Å². The molecule has 0 saturated heterocycles. The second kappa shape index (κ2) is 6.06. The standard InChI is InChI=1S/C13H17NO3/c1-9(2)10-5-11(7-14-8-15)13(17-4)12(6-10)16-3/h5-6,9H,7H2,1-4H3. The molecule has 0 fully saturated rings. The van der Waals surface area contributed by atoms with E-state index >= 15 is 0 Å². The fourth-order valence-corrected chi connectivity index (χ4v) is 1.64. The van der Waals surface area contributed by atoms with Gasteiger partial charge in [0.25, 0.3) is 0 Å². The van der Waals surface area contributed by atoms with Gasteiger partial charge in [-0.05, 0) is 23.6 Å². The third kappa shape index (κ3) is 3.08. The third-order valence-corrected chi connectivity index (χ3v) is 2.56. The van der Waals surface area contributed by atoms with Gasteiger partial charge in [-0.3, -0.25) is 0 Å². The Morgan fingerprint density at radius 2 is 2.00 bits per heavy atom. The number of carbonyl (C=O) groups excluding carboxylic acids is 1. The fourth-order valence-electron chi connectivity index (χ4n) is 1.64. The van der Waals surface area contributed by atoms with Crippen molar-refractivity contribution < 1.29 is 14.3 Å². The maximum Gasteiger partial charge on any atom is 0.235 e. The Kier molecular flexibility index (Phi) is 4.73. The van der Waals surface area contributed by atoms with Gasteiger partial charge in [0, 0.05) is 5.56 Å².